The lowest BCUT2D eigenvalue weighted by molar-refractivity contribution is 0.106. The third-order valence-corrected chi connectivity index (χ3v) is 3.72. The van der Waals surface area contributed by atoms with Gasteiger partial charge in [0.2, 0.25) is 5.65 Å². The number of aromatic nitrogens is 4. The van der Waals surface area contributed by atoms with E-state index in [2.05, 4.69) is 15.2 Å². The third kappa shape index (κ3) is 1.82. The molecule has 0 bridgehead atoms. The summed E-state index contributed by atoms with van der Waals surface area (Å²) in [6, 6.07) is 0.120. The van der Waals surface area contributed by atoms with Gasteiger partial charge in [0.05, 0.1) is 12.1 Å². The van der Waals surface area contributed by atoms with Crippen molar-refractivity contribution >= 4 is 11.5 Å². The van der Waals surface area contributed by atoms with E-state index >= 15 is 0 Å². The Morgan fingerprint density at radius 1 is 1.39 bits per heavy atom. The van der Waals surface area contributed by atoms with Crippen LogP contribution in [0.1, 0.15) is 25.7 Å². The Balaban J connectivity index is 1.95. The van der Waals surface area contributed by atoms with Crippen molar-refractivity contribution in [3.63, 3.8) is 0 Å². The van der Waals surface area contributed by atoms with Crippen molar-refractivity contribution < 1.29 is 5.11 Å². The molecule has 96 valence electrons. The molecule has 6 nitrogen and oxygen atoms in total. The van der Waals surface area contributed by atoms with Gasteiger partial charge in [-0.05, 0) is 12.8 Å². The van der Waals surface area contributed by atoms with Crippen LogP contribution in [0.5, 0.6) is 0 Å². The summed E-state index contributed by atoms with van der Waals surface area (Å²) < 4.78 is 1.84. The number of nitrogens with zero attached hydrogens (tertiary/aromatic N) is 5. The van der Waals surface area contributed by atoms with Crippen LogP contribution in [0.25, 0.3) is 5.65 Å². The van der Waals surface area contributed by atoms with E-state index in [9.17, 15) is 5.11 Å². The highest BCUT2D eigenvalue weighted by atomic mass is 16.3. The monoisotopic (exact) mass is 247 g/mol. The van der Waals surface area contributed by atoms with E-state index < -0.39 is 0 Å². The Labute approximate surface area is 105 Å². The number of hydrogen-bond donors (Lipinski definition) is 1. The Morgan fingerprint density at radius 2 is 2.22 bits per heavy atom. The molecule has 1 N–H and O–H groups in total. The van der Waals surface area contributed by atoms with Crippen LogP contribution in [0, 0.1) is 0 Å². The van der Waals surface area contributed by atoms with Gasteiger partial charge in [-0.25, -0.2) is 4.98 Å². The van der Waals surface area contributed by atoms with Crippen molar-refractivity contribution in [2.75, 3.05) is 11.9 Å². The molecule has 2 aromatic rings. The van der Waals surface area contributed by atoms with E-state index in [1.165, 1.54) is 0 Å². The molecule has 0 aliphatic heterocycles. The minimum Gasteiger partial charge on any atom is -0.391 e. The maximum Gasteiger partial charge on any atom is 0.203 e. The number of rotatable bonds is 2. The fourth-order valence-corrected chi connectivity index (χ4v) is 2.69. The van der Waals surface area contributed by atoms with Gasteiger partial charge in [0.25, 0.3) is 0 Å². The predicted molar refractivity (Wildman–Crippen MR) is 67.4 cm³/mol. The van der Waals surface area contributed by atoms with Crippen LogP contribution in [0.4, 0.5) is 5.82 Å². The smallest absolute Gasteiger partial charge is 0.203 e. The van der Waals surface area contributed by atoms with Gasteiger partial charge in [0, 0.05) is 19.4 Å². The van der Waals surface area contributed by atoms with Crippen molar-refractivity contribution in [1.29, 1.82) is 0 Å². The molecule has 2 unspecified atom stereocenters. The van der Waals surface area contributed by atoms with Crippen LogP contribution in [0.15, 0.2) is 18.7 Å². The molecule has 1 fully saturated rings. The van der Waals surface area contributed by atoms with E-state index in [-0.39, 0.29) is 12.1 Å². The highest BCUT2D eigenvalue weighted by Gasteiger charge is 2.28. The molecule has 18 heavy (non-hydrogen) atoms. The molecule has 1 saturated carbocycles. The standard InChI is InChI=1S/C12H17N5O/c1-16(9-4-2-3-5-10(9)18)11-12-15-14-8-17(12)7-6-13-11/h6-10,18H,2-5H2,1H3. The fourth-order valence-electron chi connectivity index (χ4n) is 2.69. The zero-order valence-electron chi connectivity index (χ0n) is 10.4. The number of anilines is 1. The fraction of sp³-hybridized carbons (Fsp3) is 0.583. The number of hydrogen-bond acceptors (Lipinski definition) is 5. The minimum atomic E-state index is -0.284. The molecule has 3 rings (SSSR count). The molecule has 0 aromatic carbocycles. The van der Waals surface area contributed by atoms with Gasteiger partial charge in [0.1, 0.15) is 6.33 Å². The van der Waals surface area contributed by atoms with Gasteiger partial charge < -0.3 is 10.0 Å². The summed E-state index contributed by atoms with van der Waals surface area (Å²) in [6.07, 6.45) is 9.05. The first-order chi connectivity index (χ1) is 8.77. The first-order valence-electron chi connectivity index (χ1n) is 6.32. The van der Waals surface area contributed by atoms with E-state index in [4.69, 9.17) is 0 Å². The zero-order valence-corrected chi connectivity index (χ0v) is 10.4. The molecular weight excluding hydrogens is 230 g/mol. The summed E-state index contributed by atoms with van der Waals surface area (Å²) >= 11 is 0. The van der Waals surface area contributed by atoms with Gasteiger partial charge in [-0.1, -0.05) is 12.8 Å². The van der Waals surface area contributed by atoms with Gasteiger partial charge in [0.15, 0.2) is 5.82 Å². The molecule has 0 saturated heterocycles. The Hall–Kier alpha value is -1.69. The average Bonchev–Trinajstić information content (AvgIpc) is 2.86. The van der Waals surface area contributed by atoms with E-state index in [1.807, 2.05) is 22.5 Å². The average molecular weight is 247 g/mol. The lowest BCUT2D eigenvalue weighted by Gasteiger charge is -2.35. The topological polar surface area (TPSA) is 66.6 Å². The second-order valence-corrected chi connectivity index (χ2v) is 4.84. The molecule has 2 heterocycles. The zero-order chi connectivity index (χ0) is 12.5. The second kappa shape index (κ2) is 4.53. The quantitative estimate of drug-likeness (QED) is 0.852. The summed E-state index contributed by atoms with van der Waals surface area (Å²) in [4.78, 5) is 6.42. The van der Waals surface area contributed by atoms with Crippen LogP contribution in [0.3, 0.4) is 0 Å². The van der Waals surface area contributed by atoms with Crippen molar-refractivity contribution in [3.8, 4) is 0 Å². The van der Waals surface area contributed by atoms with Crippen molar-refractivity contribution in [2.24, 2.45) is 0 Å². The van der Waals surface area contributed by atoms with Crippen LogP contribution in [-0.4, -0.2) is 43.9 Å². The Kier molecular flexibility index (Phi) is 2.87. The van der Waals surface area contributed by atoms with Crippen molar-refractivity contribution in [2.45, 2.75) is 37.8 Å². The number of likely N-dealkylation sites (N-methyl/N-ethyl adjacent to an activating group) is 1. The molecule has 1 aliphatic rings. The lowest BCUT2D eigenvalue weighted by atomic mass is 9.91. The van der Waals surface area contributed by atoms with E-state index in [1.54, 1.807) is 12.5 Å². The second-order valence-electron chi connectivity index (χ2n) is 4.84. The van der Waals surface area contributed by atoms with Crippen LogP contribution < -0.4 is 4.90 Å². The Bertz CT molecular complexity index is 540. The Morgan fingerprint density at radius 3 is 3.06 bits per heavy atom. The van der Waals surface area contributed by atoms with E-state index in [0.717, 1.165) is 37.1 Å². The summed E-state index contributed by atoms with van der Waals surface area (Å²) in [6.45, 7) is 0. The van der Waals surface area contributed by atoms with E-state index in [0.29, 0.717) is 0 Å². The van der Waals surface area contributed by atoms with Gasteiger partial charge in [-0.3, -0.25) is 4.40 Å². The summed E-state index contributed by atoms with van der Waals surface area (Å²) in [7, 11) is 1.97. The first kappa shape index (κ1) is 11.4. The largest absolute Gasteiger partial charge is 0.391 e. The lowest BCUT2D eigenvalue weighted by Crippen LogP contribution is -2.44. The molecule has 1 aliphatic carbocycles. The molecule has 6 heteroatoms. The molecule has 0 radical (unpaired) electrons. The third-order valence-electron chi connectivity index (χ3n) is 3.72. The minimum absolute atomic E-state index is 0.120. The van der Waals surface area contributed by atoms with Gasteiger partial charge in [-0.15, -0.1) is 10.2 Å². The molecule has 2 atom stereocenters. The van der Waals surface area contributed by atoms with Crippen LogP contribution >= 0.6 is 0 Å². The predicted octanol–water partition coefficient (Wildman–Crippen LogP) is 0.864. The summed E-state index contributed by atoms with van der Waals surface area (Å²) in [5.74, 6) is 0.779. The van der Waals surface area contributed by atoms with Gasteiger partial charge in [-0.2, -0.15) is 0 Å². The first-order valence-corrected chi connectivity index (χ1v) is 6.32. The maximum absolute atomic E-state index is 10.1. The molecular formula is C12H17N5O. The van der Waals surface area contributed by atoms with Crippen LogP contribution in [-0.2, 0) is 0 Å². The molecule has 0 amide bonds. The highest BCUT2D eigenvalue weighted by Crippen LogP contribution is 2.26. The highest BCUT2D eigenvalue weighted by molar-refractivity contribution is 5.63. The number of fused-ring (bicyclic) bond motifs is 1. The van der Waals surface area contributed by atoms with Crippen molar-refractivity contribution in [1.82, 2.24) is 19.6 Å². The van der Waals surface area contributed by atoms with Gasteiger partial charge >= 0.3 is 0 Å². The van der Waals surface area contributed by atoms with Crippen LogP contribution in [0.2, 0.25) is 0 Å². The SMILES string of the molecule is CN(c1nccn2cnnc12)C1CCCCC1O. The molecule has 0 spiro atoms. The molecule has 2 aromatic heterocycles. The number of aliphatic hydroxyl groups excluding tert-OH is 1. The maximum atomic E-state index is 10.1. The summed E-state index contributed by atoms with van der Waals surface area (Å²) in [5.41, 5.74) is 0.734. The normalized spacial score (nSPS) is 24.3. The van der Waals surface area contributed by atoms with Crippen molar-refractivity contribution in [3.05, 3.63) is 18.7 Å². The summed E-state index contributed by atoms with van der Waals surface area (Å²) in [5, 5.41) is 18.1. The number of aliphatic hydroxyl groups is 1.